The molecule has 4 heterocycles. The van der Waals surface area contributed by atoms with Gasteiger partial charge in [0.2, 0.25) is 10.0 Å². The molecule has 0 radical (unpaired) electrons. The Morgan fingerprint density at radius 3 is 2.28 bits per heavy atom. The molecule has 314 valence electrons. The molecule has 15 heteroatoms. The first-order valence-electron chi connectivity index (χ1n) is 20.2. The Morgan fingerprint density at radius 2 is 1.67 bits per heavy atom. The third-order valence-electron chi connectivity index (χ3n) is 10.5. The molecule has 1 saturated heterocycles. The number of nitrogens with two attached hydrogens (primary N) is 2. The van der Waals surface area contributed by atoms with Crippen molar-refractivity contribution < 1.29 is 8.42 Å². The Kier molecular flexibility index (Phi) is 14.7. The van der Waals surface area contributed by atoms with Gasteiger partial charge in [-0.2, -0.15) is 14.4 Å². The van der Waals surface area contributed by atoms with Crippen molar-refractivity contribution in [2.24, 2.45) is 16.5 Å². The van der Waals surface area contributed by atoms with Gasteiger partial charge in [-0.1, -0.05) is 65.8 Å². The zero-order chi connectivity index (χ0) is 42.1. The molecule has 1 aliphatic heterocycles. The summed E-state index contributed by atoms with van der Waals surface area (Å²) in [5, 5.41) is 14.6. The molecule has 5 aromatic rings. The molecule has 6 rings (SSSR count). The number of hydrogen-bond donors (Lipinski definition) is 6. The van der Waals surface area contributed by atoms with E-state index in [9.17, 15) is 13.2 Å². The highest BCUT2D eigenvalue weighted by atomic mass is 32.2. The number of aromatic nitrogens is 5. The van der Waals surface area contributed by atoms with Gasteiger partial charge in [-0.25, -0.2) is 13.2 Å². The average molecular weight is 814 g/mol. The molecule has 0 saturated carbocycles. The van der Waals surface area contributed by atoms with Gasteiger partial charge in [-0.15, -0.1) is 0 Å². The van der Waals surface area contributed by atoms with E-state index < -0.39 is 10.0 Å². The normalized spacial score (nSPS) is 14.1. The second kappa shape index (κ2) is 19.3. The zero-order valence-corrected chi connectivity index (χ0v) is 36.0. The highest BCUT2D eigenvalue weighted by Gasteiger charge is 2.32. The fourth-order valence-corrected chi connectivity index (χ4v) is 8.64. The molecule has 1 aliphatic rings. The summed E-state index contributed by atoms with van der Waals surface area (Å²) in [7, 11) is -3.53. The Bertz CT molecular complexity index is 2270. The summed E-state index contributed by atoms with van der Waals surface area (Å²) in [5.74, 6) is 0.123. The number of nitrogens with zero attached hydrogens (tertiary/aromatic N) is 5. The highest BCUT2D eigenvalue weighted by Crippen LogP contribution is 2.28. The van der Waals surface area contributed by atoms with Crippen molar-refractivity contribution in [3.63, 3.8) is 0 Å². The second-order valence-electron chi connectivity index (χ2n) is 17.1. The van der Waals surface area contributed by atoms with E-state index in [1.807, 2.05) is 55.7 Å². The van der Waals surface area contributed by atoms with Gasteiger partial charge in [0.25, 0.3) is 0 Å². The molecule has 0 amide bonds. The van der Waals surface area contributed by atoms with Crippen LogP contribution in [-0.2, 0) is 33.8 Å². The first-order chi connectivity index (χ1) is 27.4. The van der Waals surface area contributed by atoms with Crippen LogP contribution in [0.15, 0.2) is 81.7 Å². The summed E-state index contributed by atoms with van der Waals surface area (Å²) >= 11 is 0. The minimum atomic E-state index is -3.53. The van der Waals surface area contributed by atoms with E-state index in [-0.39, 0.29) is 28.5 Å². The SMILES string of the molecule is CC(C)(C)c1cc2cn(-c3ccc(CNCCCN=C(N)N)cc3)c(=O)nc2[nH]1.Cc1[nH]ncc1CCCN(C1CCNCC1)S(=O)(=O)c1ccc(C(C)(C)C)cc1. The number of rotatable bonds is 14. The average Bonchev–Trinajstić information content (AvgIpc) is 3.80. The van der Waals surface area contributed by atoms with Gasteiger partial charge in [-0.3, -0.25) is 14.7 Å². The molecule has 0 bridgehead atoms. The summed E-state index contributed by atoms with van der Waals surface area (Å²) in [5.41, 5.74) is 17.2. The van der Waals surface area contributed by atoms with Gasteiger partial charge in [0.15, 0.2) is 5.96 Å². The minimum Gasteiger partial charge on any atom is -0.370 e. The van der Waals surface area contributed by atoms with Crippen molar-refractivity contribution in [2.45, 2.75) is 109 Å². The van der Waals surface area contributed by atoms with Gasteiger partial charge in [0.05, 0.1) is 16.8 Å². The largest absolute Gasteiger partial charge is 0.370 e. The van der Waals surface area contributed by atoms with E-state index in [2.05, 4.69) is 83.4 Å². The first kappa shape index (κ1) is 44.3. The monoisotopic (exact) mass is 813 g/mol. The van der Waals surface area contributed by atoms with Gasteiger partial charge >= 0.3 is 5.69 Å². The van der Waals surface area contributed by atoms with E-state index in [1.54, 1.807) is 21.0 Å². The van der Waals surface area contributed by atoms with Gasteiger partial charge in [0, 0.05) is 54.1 Å². The van der Waals surface area contributed by atoms with Crippen molar-refractivity contribution >= 4 is 27.0 Å². The number of benzene rings is 2. The zero-order valence-electron chi connectivity index (χ0n) is 35.2. The molecule has 8 N–H and O–H groups in total. The molecule has 2 aromatic carbocycles. The fourth-order valence-electron chi connectivity index (χ4n) is 6.91. The predicted octanol–water partition coefficient (Wildman–Crippen LogP) is 5.16. The van der Waals surface area contributed by atoms with Crippen molar-refractivity contribution in [1.29, 1.82) is 0 Å². The summed E-state index contributed by atoms with van der Waals surface area (Å²) in [6, 6.07) is 17.4. The van der Waals surface area contributed by atoms with Crippen LogP contribution in [0, 0.1) is 6.92 Å². The summed E-state index contributed by atoms with van der Waals surface area (Å²) in [6.07, 6.45) is 7.85. The number of piperidine rings is 1. The smallest absolute Gasteiger partial charge is 0.354 e. The summed E-state index contributed by atoms with van der Waals surface area (Å²) in [4.78, 5) is 24.3. The van der Waals surface area contributed by atoms with E-state index in [1.165, 1.54) is 0 Å². The molecule has 0 atom stereocenters. The Morgan fingerprint density at radius 1 is 0.983 bits per heavy atom. The number of nitrogens with one attached hydrogen (secondary N) is 4. The van der Waals surface area contributed by atoms with Crippen LogP contribution in [0.5, 0.6) is 0 Å². The van der Waals surface area contributed by atoms with Crippen LogP contribution in [0.1, 0.15) is 95.3 Å². The fraction of sp³-hybridized carbons (Fsp3) is 0.488. The van der Waals surface area contributed by atoms with Crippen LogP contribution < -0.4 is 27.8 Å². The van der Waals surface area contributed by atoms with Crippen molar-refractivity contribution in [3.05, 3.63) is 106 Å². The van der Waals surface area contributed by atoms with Crippen LogP contribution in [0.25, 0.3) is 16.7 Å². The quantitative estimate of drug-likeness (QED) is 0.0497. The molecule has 14 nitrogen and oxygen atoms in total. The maximum Gasteiger partial charge on any atom is 0.354 e. The number of aromatic amines is 2. The minimum absolute atomic E-state index is 0.000524. The number of aliphatic imine (C=N–C) groups is 1. The van der Waals surface area contributed by atoms with Crippen LogP contribution in [0.2, 0.25) is 0 Å². The molecule has 0 aliphatic carbocycles. The topological polar surface area (TPSA) is 205 Å². The molecule has 0 spiro atoms. The lowest BCUT2D eigenvalue weighted by molar-refractivity contribution is 0.260. The number of hydrogen-bond acceptors (Lipinski definition) is 8. The Balaban J connectivity index is 0.000000221. The first-order valence-corrected chi connectivity index (χ1v) is 21.7. The lowest BCUT2D eigenvalue weighted by Gasteiger charge is -2.34. The third kappa shape index (κ3) is 11.9. The van der Waals surface area contributed by atoms with Crippen LogP contribution >= 0.6 is 0 Å². The standard InChI is InChI=1S/C22H34N4O2S.C21H29N7O/c1-17-18(16-24-25-17)6-5-15-26(20-11-13-23-14-12-20)29(27,28)21-9-7-19(8-10-21)22(2,3)4;1-21(2,3)17-11-15-13-28(20(29)27-18(15)26-17)16-7-5-14(6-8-16)12-24-9-4-10-25-19(22)23/h7-10,16,20,23H,5-6,11-15H2,1-4H3,(H,24,25);5-8,11,13,24H,4,9-10,12H2,1-3H3,(H4,22,23,25)(H,26,27,29). The van der Waals surface area contributed by atoms with E-state index in [0.29, 0.717) is 23.6 Å². The van der Waals surface area contributed by atoms with Crippen molar-refractivity contribution in [2.75, 3.05) is 32.7 Å². The van der Waals surface area contributed by atoms with E-state index in [0.717, 1.165) is 97.4 Å². The van der Waals surface area contributed by atoms with Crippen LogP contribution in [-0.4, -0.2) is 82.2 Å². The van der Waals surface area contributed by atoms with E-state index in [4.69, 9.17) is 11.5 Å². The molecule has 58 heavy (non-hydrogen) atoms. The molecule has 0 unspecified atom stereocenters. The number of H-pyrrole nitrogens is 2. The predicted molar refractivity (Wildman–Crippen MR) is 234 cm³/mol. The Hall–Kier alpha value is -4.83. The van der Waals surface area contributed by atoms with Crippen LogP contribution in [0.4, 0.5) is 0 Å². The number of fused-ring (bicyclic) bond motifs is 1. The highest BCUT2D eigenvalue weighted by molar-refractivity contribution is 7.89. The lowest BCUT2D eigenvalue weighted by Crippen LogP contribution is -2.46. The lowest BCUT2D eigenvalue weighted by atomic mass is 9.87. The third-order valence-corrected chi connectivity index (χ3v) is 12.4. The van der Waals surface area contributed by atoms with Gasteiger partial charge in [-0.05, 0) is 111 Å². The maximum absolute atomic E-state index is 13.5. The number of sulfonamides is 1. The molecular formula is C43H63N11O3S. The van der Waals surface area contributed by atoms with E-state index >= 15 is 0 Å². The molecule has 3 aromatic heterocycles. The van der Waals surface area contributed by atoms with Gasteiger partial charge < -0.3 is 27.1 Å². The second-order valence-corrected chi connectivity index (χ2v) is 19.0. The summed E-state index contributed by atoms with van der Waals surface area (Å²) < 4.78 is 30.4. The number of guanidine groups is 1. The number of aryl methyl sites for hydroxylation is 2. The van der Waals surface area contributed by atoms with Crippen LogP contribution in [0.3, 0.4) is 0 Å². The van der Waals surface area contributed by atoms with Crippen molar-refractivity contribution in [1.82, 2.24) is 39.7 Å². The molecular weight excluding hydrogens is 751 g/mol. The Labute approximate surface area is 343 Å². The maximum atomic E-state index is 13.5. The summed E-state index contributed by atoms with van der Waals surface area (Å²) in [6.45, 7) is 19.2. The van der Waals surface area contributed by atoms with Gasteiger partial charge in [0.1, 0.15) is 5.65 Å². The molecule has 1 fully saturated rings. The van der Waals surface area contributed by atoms with Crippen molar-refractivity contribution in [3.8, 4) is 5.69 Å².